The van der Waals surface area contributed by atoms with E-state index >= 15 is 0 Å². The molecule has 1 fully saturated rings. The molecular formula is C21H29N3O. The van der Waals surface area contributed by atoms with Crippen LogP contribution in [-0.2, 0) is 19.6 Å². The van der Waals surface area contributed by atoms with Crippen LogP contribution < -0.4 is 4.74 Å². The number of pyridine rings is 1. The SMILES string of the molecule is COc1ccc(CN(C)Cc2ccnc(C)c2)cc1CN1CCCC1. The number of aryl methyl sites for hydroxylation is 1. The Morgan fingerprint density at radius 1 is 1.08 bits per heavy atom. The highest BCUT2D eigenvalue weighted by Crippen LogP contribution is 2.24. The van der Waals surface area contributed by atoms with Crippen LogP contribution in [0, 0.1) is 6.92 Å². The van der Waals surface area contributed by atoms with Gasteiger partial charge in [-0.2, -0.15) is 0 Å². The predicted octanol–water partition coefficient (Wildman–Crippen LogP) is 3.63. The van der Waals surface area contributed by atoms with E-state index in [1.54, 1.807) is 7.11 Å². The zero-order chi connectivity index (χ0) is 17.6. The molecule has 0 atom stereocenters. The van der Waals surface area contributed by atoms with Crippen molar-refractivity contribution >= 4 is 0 Å². The van der Waals surface area contributed by atoms with E-state index in [0.29, 0.717) is 0 Å². The Kier molecular flexibility index (Phi) is 6.05. The summed E-state index contributed by atoms with van der Waals surface area (Å²) in [4.78, 5) is 9.14. The molecule has 0 aliphatic carbocycles. The summed E-state index contributed by atoms with van der Waals surface area (Å²) in [6, 6.07) is 10.9. The second kappa shape index (κ2) is 8.45. The van der Waals surface area contributed by atoms with Gasteiger partial charge in [-0.1, -0.05) is 6.07 Å². The van der Waals surface area contributed by atoms with Crippen molar-refractivity contribution < 1.29 is 4.74 Å². The Labute approximate surface area is 151 Å². The molecule has 4 nitrogen and oxygen atoms in total. The Balaban J connectivity index is 1.66. The number of hydrogen-bond acceptors (Lipinski definition) is 4. The molecule has 0 unspecified atom stereocenters. The average molecular weight is 339 g/mol. The highest BCUT2D eigenvalue weighted by Gasteiger charge is 2.15. The van der Waals surface area contributed by atoms with Crippen LogP contribution in [0.3, 0.4) is 0 Å². The van der Waals surface area contributed by atoms with Crippen molar-refractivity contribution in [3.8, 4) is 5.75 Å². The van der Waals surface area contributed by atoms with Gasteiger partial charge in [0.05, 0.1) is 7.11 Å². The molecule has 1 aromatic heterocycles. The summed E-state index contributed by atoms with van der Waals surface area (Å²) in [6.07, 6.45) is 4.52. The Bertz CT molecular complexity index is 695. The third-order valence-corrected chi connectivity index (χ3v) is 4.80. The van der Waals surface area contributed by atoms with Gasteiger partial charge in [-0.15, -0.1) is 0 Å². The lowest BCUT2D eigenvalue weighted by Crippen LogP contribution is -2.20. The van der Waals surface area contributed by atoms with Gasteiger partial charge in [0.2, 0.25) is 0 Å². The fourth-order valence-corrected chi connectivity index (χ4v) is 3.62. The Morgan fingerprint density at radius 3 is 2.48 bits per heavy atom. The summed E-state index contributed by atoms with van der Waals surface area (Å²) in [5.41, 5.74) is 5.02. The maximum atomic E-state index is 5.58. The van der Waals surface area contributed by atoms with Crippen molar-refractivity contribution in [3.05, 3.63) is 58.9 Å². The first-order valence-corrected chi connectivity index (χ1v) is 9.12. The number of benzene rings is 1. The van der Waals surface area contributed by atoms with E-state index in [-0.39, 0.29) is 0 Å². The summed E-state index contributed by atoms with van der Waals surface area (Å²) in [5, 5.41) is 0. The summed E-state index contributed by atoms with van der Waals surface area (Å²) in [7, 11) is 3.93. The van der Waals surface area contributed by atoms with Crippen molar-refractivity contribution in [3.63, 3.8) is 0 Å². The third-order valence-electron chi connectivity index (χ3n) is 4.80. The highest BCUT2D eigenvalue weighted by atomic mass is 16.5. The van der Waals surface area contributed by atoms with Crippen molar-refractivity contribution in [2.75, 3.05) is 27.2 Å². The minimum Gasteiger partial charge on any atom is -0.496 e. The van der Waals surface area contributed by atoms with E-state index in [0.717, 1.165) is 31.1 Å². The molecule has 25 heavy (non-hydrogen) atoms. The van der Waals surface area contributed by atoms with Crippen LogP contribution >= 0.6 is 0 Å². The zero-order valence-electron chi connectivity index (χ0n) is 15.7. The molecule has 0 bridgehead atoms. The highest BCUT2D eigenvalue weighted by molar-refractivity contribution is 5.37. The average Bonchev–Trinajstić information content (AvgIpc) is 3.08. The Hall–Kier alpha value is -1.91. The van der Waals surface area contributed by atoms with Gasteiger partial charge in [-0.05, 0) is 75.3 Å². The maximum Gasteiger partial charge on any atom is 0.123 e. The molecule has 2 aromatic rings. The first-order valence-electron chi connectivity index (χ1n) is 9.12. The van der Waals surface area contributed by atoms with Crippen LogP contribution in [0.15, 0.2) is 36.5 Å². The van der Waals surface area contributed by atoms with Crippen LogP contribution in [-0.4, -0.2) is 42.0 Å². The lowest BCUT2D eigenvalue weighted by atomic mass is 10.1. The largest absolute Gasteiger partial charge is 0.496 e. The summed E-state index contributed by atoms with van der Waals surface area (Å²) in [5.74, 6) is 1.00. The van der Waals surface area contributed by atoms with Gasteiger partial charge in [0, 0.05) is 37.1 Å². The molecule has 1 aliphatic rings. The van der Waals surface area contributed by atoms with Crippen molar-refractivity contribution in [1.29, 1.82) is 0 Å². The van der Waals surface area contributed by atoms with Crippen LogP contribution in [0.4, 0.5) is 0 Å². The van der Waals surface area contributed by atoms with Gasteiger partial charge in [0.1, 0.15) is 5.75 Å². The first-order chi connectivity index (χ1) is 12.1. The fourth-order valence-electron chi connectivity index (χ4n) is 3.62. The zero-order valence-corrected chi connectivity index (χ0v) is 15.7. The number of aromatic nitrogens is 1. The summed E-state index contributed by atoms with van der Waals surface area (Å²) >= 11 is 0. The molecule has 3 rings (SSSR count). The minimum absolute atomic E-state index is 0.927. The standard InChI is InChI=1S/C21H29N3O/c1-17-12-19(8-9-22-17)15-23(2)14-18-6-7-21(25-3)20(13-18)16-24-10-4-5-11-24/h6-9,12-13H,4-5,10-11,14-16H2,1-3H3. The van der Waals surface area contributed by atoms with E-state index in [2.05, 4.69) is 52.2 Å². The topological polar surface area (TPSA) is 28.6 Å². The molecule has 1 saturated heterocycles. The quantitative estimate of drug-likeness (QED) is 0.770. The van der Waals surface area contributed by atoms with Gasteiger partial charge in [-0.25, -0.2) is 0 Å². The second-order valence-corrected chi connectivity index (χ2v) is 7.11. The van der Waals surface area contributed by atoms with Crippen molar-refractivity contribution in [2.45, 2.75) is 39.4 Å². The van der Waals surface area contributed by atoms with Crippen LogP contribution in [0.1, 0.15) is 35.2 Å². The van der Waals surface area contributed by atoms with Crippen molar-refractivity contribution in [2.24, 2.45) is 0 Å². The van der Waals surface area contributed by atoms with Crippen molar-refractivity contribution in [1.82, 2.24) is 14.8 Å². The number of rotatable bonds is 7. The van der Waals surface area contributed by atoms with E-state index in [1.807, 2.05) is 13.1 Å². The van der Waals surface area contributed by atoms with Gasteiger partial charge in [0.25, 0.3) is 0 Å². The number of likely N-dealkylation sites (tertiary alicyclic amines) is 1. The molecule has 2 heterocycles. The predicted molar refractivity (Wildman–Crippen MR) is 102 cm³/mol. The first kappa shape index (κ1) is 17.9. The minimum atomic E-state index is 0.927. The van der Waals surface area contributed by atoms with Gasteiger partial charge in [-0.3, -0.25) is 14.8 Å². The van der Waals surface area contributed by atoms with Gasteiger partial charge in [0.15, 0.2) is 0 Å². The molecule has 134 valence electrons. The number of ether oxygens (including phenoxy) is 1. The molecule has 1 aromatic carbocycles. The number of hydrogen-bond donors (Lipinski definition) is 0. The lowest BCUT2D eigenvalue weighted by molar-refractivity contribution is 0.313. The molecular weight excluding hydrogens is 310 g/mol. The van der Waals surface area contributed by atoms with E-state index < -0.39 is 0 Å². The molecule has 4 heteroatoms. The smallest absolute Gasteiger partial charge is 0.123 e. The molecule has 0 amide bonds. The molecule has 0 saturated carbocycles. The molecule has 0 N–H and O–H groups in total. The van der Waals surface area contributed by atoms with E-state index in [1.165, 1.54) is 42.6 Å². The van der Waals surface area contributed by atoms with Gasteiger partial charge >= 0.3 is 0 Å². The summed E-state index contributed by atoms with van der Waals surface area (Å²) in [6.45, 7) is 7.29. The molecule has 1 aliphatic heterocycles. The number of nitrogens with zero attached hydrogens (tertiary/aromatic N) is 3. The second-order valence-electron chi connectivity index (χ2n) is 7.11. The van der Waals surface area contributed by atoms with Crippen LogP contribution in [0.2, 0.25) is 0 Å². The normalized spacial score (nSPS) is 15.0. The lowest BCUT2D eigenvalue weighted by Gasteiger charge is -2.20. The van der Waals surface area contributed by atoms with E-state index in [4.69, 9.17) is 4.74 Å². The van der Waals surface area contributed by atoms with Gasteiger partial charge < -0.3 is 4.74 Å². The Morgan fingerprint density at radius 2 is 1.80 bits per heavy atom. The summed E-state index contributed by atoms with van der Waals surface area (Å²) < 4.78 is 5.58. The van der Waals surface area contributed by atoms with Crippen LogP contribution in [0.25, 0.3) is 0 Å². The fraction of sp³-hybridized carbons (Fsp3) is 0.476. The number of methoxy groups -OCH3 is 1. The molecule has 0 radical (unpaired) electrons. The maximum absolute atomic E-state index is 5.58. The van der Waals surface area contributed by atoms with Crippen LogP contribution in [0.5, 0.6) is 5.75 Å². The monoisotopic (exact) mass is 339 g/mol. The molecule has 0 spiro atoms. The van der Waals surface area contributed by atoms with E-state index in [9.17, 15) is 0 Å². The third kappa shape index (κ3) is 5.03.